The predicted molar refractivity (Wildman–Crippen MR) is 101 cm³/mol. The van der Waals surface area contributed by atoms with Crippen LogP contribution in [0.15, 0.2) is 57.5 Å². The van der Waals surface area contributed by atoms with Gasteiger partial charge in [-0.2, -0.15) is 0 Å². The SMILES string of the molecule is Cc1c(C(=O)CNc2ccc(Br)cc2)nnn1-c1ccc(Br)cc1. The summed E-state index contributed by atoms with van der Waals surface area (Å²) in [5.74, 6) is -0.0984. The molecule has 0 spiro atoms. The standard InChI is InChI=1S/C17H14Br2N4O/c1-11-17(16(24)10-20-14-6-2-12(18)3-7-14)21-22-23(11)15-8-4-13(19)5-9-15/h2-9,20H,10H2,1H3. The molecule has 0 aliphatic carbocycles. The second kappa shape index (κ2) is 7.27. The average Bonchev–Trinajstić information content (AvgIpc) is 2.96. The summed E-state index contributed by atoms with van der Waals surface area (Å²) < 4.78 is 3.64. The van der Waals surface area contributed by atoms with Gasteiger partial charge >= 0.3 is 0 Å². The molecule has 24 heavy (non-hydrogen) atoms. The summed E-state index contributed by atoms with van der Waals surface area (Å²) in [6.45, 7) is 2.01. The van der Waals surface area contributed by atoms with Crippen molar-refractivity contribution in [3.05, 3.63) is 68.9 Å². The molecule has 0 saturated heterocycles. The molecule has 1 heterocycles. The number of hydrogen-bond acceptors (Lipinski definition) is 4. The van der Waals surface area contributed by atoms with E-state index < -0.39 is 0 Å². The van der Waals surface area contributed by atoms with Crippen LogP contribution in [0.1, 0.15) is 16.2 Å². The number of halogens is 2. The molecule has 0 saturated carbocycles. The number of Topliss-reactive ketones (excluding diaryl/α,β-unsaturated/α-hetero) is 1. The topological polar surface area (TPSA) is 59.8 Å². The first-order valence-corrected chi connectivity index (χ1v) is 8.84. The number of anilines is 1. The van der Waals surface area contributed by atoms with E-state index in [4.69, 9.17) is 0 Å². The van der Waals surface area contributed by atoms with Crippen molar-refractivity contribution in [2.24, 2.45) is 0 Å². The van der Waals surface area contributed by atoms with Crippen molar-refractivity contribution in [1.29, 1.82) is 0 Å². The van der Waals surface area contributed by atoms with E-state index in [-0.39, 0.29) is 12.3 Å². The Morgan fingerprint density at radius 1 is 1.04 bits per heavy atom. The lowest BCUT2D eigenvalue weighted by Gasteiger charge is -2.06. The van der Waals surface area contributed by atoms with Gasteiger partial charge in [-0.05, 0) is 55.5 Å². The molecule has 3 rings (SSSR count). The highest BCUT2D eigenvalue weighted by Gasteiger charge is 2.17. The van der Waals surface area contributed by atoms with Crippen LogP contribution >= 0.6 is 31.9 Å². The van der Waals surface area contributed by atoms with Crippen molar-refractivity contribution in [3.8, 4) is 5.69 Å². The molecular formula is C17H14Br2N4O. The first kappa shape index (κ1) is 16.9. The van der Waals surface area contributed by atoms with Crippen molar-refractivity contribution in [2.45, 2.75) is 6.92 Å². The highest BCUT2D eigenvalue weighted by Crippen LogP contribution is 2.17. The van der Waals surface area contributed by atoms with Crippen molar-refractivity contribution in [1.82, 2.24) is 15.0 Å². The molecule has 0 bridgehead atoms. The van der Waals surface area contributed by atoms with Gasteiger partial charge in [-0.1, -0.05) is 37.1 Å². The third-order valence-electron chi connectivity index (χ3n) is 3.53. The maximum Gasteiger partial charge on any atom is 0.203 e. The second-order valence-corrected chi connectivity index (χ2v) is 7.03. The quantitative estimate of drug-likeness (QED) is 0.586. The van der Waals surface area contributed by atoms with Gasteiger partial charge in [0.05, 0.1) is 17.9 Å². The Morgan fingerprint density at radius 3 is 2.25 bits per heavy atom. The van der Waals surface area contributed by atoms with Gasteiger partial charge in [0.25, 0.3) is 0 Å². The monoisotopic (exact) mass is 448 g/mol. The minimum atomic E-state index is -0.0984. The number of carbonyl (C=O) groups excluding carboxylic acids is 1. The van der Waals surface area contributed by atoms with Gasteiger partial charge in [0.2, 0.25) is 5.78 Å². The zero-order chi connectivity index (χ0) is 17.1. The van der Waals surface area contributed by atoms with Gasteiger partial charge in [-0.25, -0.2) is 4.68 Å². The highest BCUT2D eigenvalue weighted by atomic mass is 79.9. The van der Waals surface area contributed by atoms with Crippen molar-refractivity contribution in [2.75, 3.05) is 11.9 Å². The summed E-state index contributed by atoms with van der Waals surface area (Å²) in [4.78, 5) is 12.4. The van der Waals surface area contributed by atoms with Gasteiger partial charge in [-0.3, -0.25) is 4.79 Å². The molecule has 0 unspecified atom stereocenters. The Hall–Kier alpha value is -1.99. The average molecular weight is 450 g/mol. The Balaban J connectivity index is 1.74. The van der Waals surface area contributed by atoms with Crippen LogP contribution < -0.4 is 5.32 Å². The summed E-state index contributed by atoms with van der Waals surface area (Å²) >= 11 is 6.78. The molecule has 0 radical (unpaired) electrons. The molecule has 0 aliphatic heterocycles. The number of hydrogen-bond donors (Lipinski definition) is 1. The third-order valence-corrected chi connectivity index (χ3v) is 4.58. The summed E-state index contributed by atoms with van der Waals surface area (Å²) in [6, 6.07) is 15.3. The van der Waals surface area contributed by atoms with Crippen LogP contribution in [-0.2, 0) is 0 Å². The highest BCUT2D eigenvalue weighted by molar-refractivity contribution is 9.10. The number of rotatable bonds is 5. The van der Waals surface area contributed by atoms with E-state index in [2.05, 4.69) is 47.5 Å². The molecule has 7 heteroatoms. The van der Waals surface area contributed by atoms with Gasteiger partial charge < -0.3 is 5.32 Å². The number of ketones is 1. The normalized spacial score (nSPS) is 10.6. The van der Waals surface area contributed by atoms with Crippen molar-refractivity contribution in [3.63, 3.8) is 0 Å². The fourth-order valence-electron chi connectivity index (χ4n) is 2.25. The fraction of sp³-hybridized carbons (Fsp3) is 0.118. The zero-order valence-corrected chi connectivity index (χ0v) is 16.0. The molecule has 5 nitrogen and oxygen atoms in total. The summed E-state index contributed by atoms with van der Waals surface area (Å²) in [5.41, 5.74) is 2.84. The smallest absolute Gasteiger partial charge is 0.203 e. The molecule has 0 amide bonds. The number of benzene rings is 2. The molecular weight excluding hydrogens is 436 g/mol. The first-order valence-electron chi connectivity index (χ1n) is 7.25. The maximum absolute atomic E-state index is 12.4. The van der Waals surface area contributed by atoms with E-state index in [0.717, 1.165) is 26.0 Å². The first-order chi connectivity index (χ1) is 11.5. The predicted octanol–water partition coefficient (Wildman–Crippen LogP) is 4.40. The number of nitrogens with one attached hydrogen (secondary N) is 1. The zero-order valence-electron chi connectivity index (χ0n) is 12.8. The fourth-order valence-corrected chi connectivity index (χ4v) is 2.78. The van der Waals surface area contributed by atoms with E-state index in [9.17, 15) is 4.79 Å². The molecule has 2 aromatic carbocycles. The number of nitrogens with zero attached hydrogens (tertiary/aromatic N) is 3. The van der Waals surface area contributed by atoms with Crippen LogP contribution in [-0.4, -0.2) is 27.3 Å². The van der Waals surface area contributed by atoms with Gasteiger partial charge in [0, 0.05) is 14.6 Å². The lowest BCUT2D eigenvalue weighted by molar-refractivity contribution is 0.100. The van der Waals surface area contributed by atoms with Gasteiger partial charge in [0.15, 0.2) is 5.69 Å². The van der Waals surface area contributed by atoms with Crippen molar-refractivity contribution >= 4 is 43.3 Å². The molecule has 0 atom stereocenters. The van der Waals surface area contributed by atoms with Gasteiger partial charge in [-0.15, -0.1) is 5.10 Å². The number of carbonyl (C=O) groups is 1. The van der Waals surface area contributed by atoms with E-state index in [1.165, 1.54) is 0 Å². The largest absolute Gasteiger partial charge is 0.378 e. The molecule has 1 aromatic heterocycles. The van der Waals surface area contributed by atoms with Crippen LogP contribution in [0.4, 0.5) is 5.69 Å². The van der Waals surface area contributed by atoms with Crippen molar-refractivity contribution < 1.29 is 4.79 Å². The third kappa shape index (κ3) is 3.73. The van der Waals surface area contributed by atoms with Crippen LogP contribution in [0, 0.1) is 6.92 Å². The van der Waals surface area contributed by atoms with Crippen LogP contribution in [0.25, 0.3) is 5.69 Å². The van der Waals surface area contributed by atoms with Crippen LogP contribution in [0.3, 0.4) is 0 Å². The van der Waals surface area contributed by atoms with E-state index in [1.54, 1.807) is 4.68 Å². The minimum Gasteiger partial charge on any atom is -0.378 e. The number of aromatic nitrogens is 3. The van der Waals surface area contributed by atoms with E-state index >= 15 is 0 Å². The Kier molecular flexibility index (Phi) is 5.11. The second-order valence-electron chi connectivity index (χ2n) is 5.20. The lowest BCUT2D eigenvalue weighted by atomic mass is 10.2. The lowest BCUT2D eigenvalue weighted by Crippen LogP contribution is -2.15. The summed E-state index contributed by atoms with van der Waals surface area (Å²) in [7, 11) is 0. The Bertz CT molecular complexity index is 857. The maximum atomic E-state index is 12.4. The van der Waals surface area contributed by atoms with E-state index in [0.29, 0.717) is 5.69 Å². The van der Waals surface area contributed by atoms with Crippen LogP contribution in [0.5, 0.6) is 0 Å². The molecule has 1 N–H and O–H groups in total. The Morgan fingerprint density at radius 2 is 1.62 bits per heavy atom. The van der Waals surface area contributed by atoms with E-state index in [1.807, 2.05) is 55.5 Å². The molecule has 122 valence electrons. The molecule has 0 aliphatic rings. The van der Waals surface area contributed by atoms with Crippen LogP contribution in [0.2, 0.25) is 0 Å². The molecule has 0 fully saturated rings. The van der Waals surface area contributed by atoms with Gasteiger partial charge in [0.1, 0.15) is 0 Å². The Labute approximate surface area is 156 Å². The minimum absolute atomic E-state index is 0.0984. The molecule has 3 aromatic rings. The summed E-state index contributed by atoms with van der Waals surface area (Å²) in [6.07, 6.45) is 0. The summed E-state index contributed by atoms with van der Waals surface area (Å²) in [5, 5.41) is 11.2.